The van der Waals surface area contributed by atoms with Crippen LogP contribution in [0.3, 0.4) is 0 Å². The molecule has 0 atom stereocenters. The number of hydrogen-bond donors (Lipinski definition) is 1. The molecule has 9 nitrogen and oxygen atoms in total. The number of carbonyl (C=O) groups is 1. The molecule has 1 aromatic rings. The lowest BCUT2D eigenvalue weighted by Gasteiger charge is -2.22. The Morgan fingerprint density at radius 3 is 2.39 bits per heavy atom. The molecule has 0 spiro atoms. The summed E-state index contributed by atoms with van der Waals surface area (Å²) >= 11 is 0. The van der Waals surface area contributed by atoms with Crippen LogP contribution in [-0.4, -0.2) is 79.5 Å². The highest BCUT2D eigenvalue weighted by atomic mass is 32.2. The van der Waals surface area contributed by atoms with E-state index in [1.165, 1.54) is 12.1 Å². The van der Waals surface area contributed by atoms with Gasteiger partial charge in [0, 0.05) is 52.8 Å². The Morgan fingerprint density at radius 2 is 1.75 bits per heavy atom. The molecule has 1 aliphatic rings. The van der Waals surface area contributed by atoms with Gasteiger partial charge in [-0.15, -0.1) is 0 Å². The van der Waals surface area contributed by atoms with Crippen LogP contribution in [-0.2, 0) is 24.3 Å². The average Bonchev–Trinajstić information content (AvgIpc) is 2.92. The molecule has 0 aliphatic carbocycles. The molecule has 0 unspecified atom stereocenters. The molecular weight excluding hydrogens is 388 g/mol. The number of benzene rings is 1. The molecular formula is C18H28N2O7S. The van der Waals surface area contributed by atoms with Gasteiger partial charge in [-0.1, -0.05) is 0 Å². The number of carbonyl (C=O) groups excluding carboxylic acids is 1. The Bertz CT molecular complexity index is 731. The number of hydrogen-bond acceptors (Lipinski definition) is 7. The SMILES string of the molecule is COCCN(CCOC)C(=O)CCNS(=O)(=O)c1ccc2c(c1)OCCCO2. The summed E-state index contributed by atoms with van der Waals surface area (Å²) in [5, 5.41) is 0. The molecule has 1 N–H and O–H groups in total. The monoisotopic (exact) mass is 416 g/mol. The van der Waals surface area contributed by atoms with E-state index in [1.54, 1.807) is 25.2 Å². The van der Waals surface area contributed by atoms with Crippen LogP contribution in [0.15, 0.2) is 23.1 Å². The first-order valence-corrected chi connectivity index (χ1v) is 10.6. The maximum absolute atomic E-state index is 12.5. The van der Waals surface area contributed by atoms with Crippen molar-refractivity contribution in [3.05, 3.63) is 18.2 Å². The number of amides is 1. The molecule has 1 aliphatic heterocycles. The van der Waals surface area contributed by atoms with E-state index in [4.69, 9.17) is 18.9 Å². The molecule has 1 amide bonds. The third kappa shape index (κ3) is 6.62. The molecule has 1 heterocycles. The van der Waals surface area contributed by atoms with Crippen LogP contribution in [0.25, 0.3) is 0 Å². The Kier molecular flexibility index (Phi) is 8.97. The van der Waals surface area contributed by atoms with Crippen LogP contribution in [0.5, 0.6) is 11.5 Å². The van der Waals surface area contributed by atoms with Crippen LogP contribution in [0, 0.1) is 0 Å². The fourth-order valence-electron chi connectivity index (χ4n) is 2.61. The molecule has 10 heteroatoms. The van der Waals surface area contributed by atoms with Crippen molar-refractivity contribution in [2.45, 2.75) is 17.7 Å². The first-order chi connectivity index (χ1) is 13.5. The van der Waals surface area contributed by atoms with Gasteiger partial charge in [-0.3, -0.25) is 4.79 Å². The molecule has 158 valence electrons. The van der Waals surface area contributed by atoms with Gasteiger partial charge in [0.25, 0.3) is 0 Å². The minimum absolute atomic E-state index is 0.00786. The molecule has 0 bridgehead atoms. The van der Waals surface area contributed by atoms with Crippen LogP contribution in [0.1, 0.15) is 12.8 Å². The smallest absolute Gasteiger partial charge is 0.240 e. The molecule has 28 heavy (non-hydrogen) atoms. The molecule has 0 fully saturated rings. The third-order valence-corrected chi connectivity index (χ3v) is 5.60. The van der Waals surface area contributed by atoms with Gasteiger partial charge in [-0.25, -0.2) is 13.1 Å². The summed E-state index contributed by atoms with van der Waals surface area (Å²) in [5.41, 5.74) is 0. The van der Waals surface area contributed by atoms with Crippen molar-refractivity contribution < 1.29 is 32.2 Å². The fourth-order valence-corrected chi connectivity index (χ4v) is 3.66. The lowest BCUT2D eigenvalue weighted by Crippen LogP contribution is -2.38. The number of sulfonamides is 1. The van der Waals surface area contributed by atoms with E-state index in [1.807, 2.05) is 0 Å². The first-order valence-electron chi connectivity index (χ1n) is 9.13. The van der Waals surface area contributed by atoms with Crippen LogP contribution in [0.4, 0.5) is 0 Å². The molecule has 0 saturated heterocycles. The third-order valence-electron chi connectivity index (χ3n) is 4.14. The quantitative estimate of drug-likeness (QED) is 0.564. The molecule has 0 saturated carbocycles. The van der Waals surface area contributed by atoms with E-state index in [-0.39, 0.29) is 23.8 Å². The summed E-state index contributed by atoms with van der Waals surface area (Å²) < 4.78 is 48.6. The van der Waals surface area contributed by atoms with Gasteiger partial charge in [-0.05, 0) is 12.1 Å². The maximum Gasteiger partial charge on any atom is 0.240 e. The Hall–Kier alpha value is -1.88. The highest BCUT2D eigenvalue weighted by molar-refractivity contribution is 7.89. The van der Waals surface area contributed by atoms with Crippen LogP contribution < -0.4 is 14.2 Å². The Balaban J connectivity index is 1.93. The fraction of sp³-hybridized carbons (Fsp3) is 0.611. The van der Waals surface area contributed by atoms with Gasteiger partial charge >= 0.3 is 0 Å². The highest BCUT2D eigenvalue weighted by Crippen LogP contribution is 2.31. The van der Waals surface area contributed by atoms with Gasteiger partial charge in [0.1, 0.15) is 0 Å². The predicted molar refractivity (Wildman–Crippen MR) is 102 cm³/mol. The van der Waals surface area contributed by atoms with Gasteiger partial charge in [-0.2, -0.15) is 0 Å². The second-order valence-electron chi connectivity index (χ2n) is 6.17. The van der Waals surface area contributed by atoms with E-state index in [9.17, 15) is 13.2 Å². The zero-order valence-corrected chi connectivity index (χ0v) is 17.1. The second kappa shape index (κ2) is 11.2. The molecule has 2 rings (SSSR count). The molecule has 0 aromatic heterocycles. The Labute approximate surface area is 165 Å². The summed E-state index contributed by atoms with van der Waals surface area (Å²) in [5.74, 6) is 0.760. The topological polar surface area (TPSA) is 103 Å². The maximum atomic E-state index is 12.5. The van der Waals surface area contributed by atoms with Crippen molar-refractivity contribution in [2.24, 2.45) is 0 Å². The number of nitrogens with one attached hydrogen (secondary N) is 1. The van der Waals surface area contributed by atoms with Crippen molar-refractivity contribution >= 4 is 15.9 Å². The lowest BCUT2D eigenvalue weighted by atomic mass is 10.3. The van der Waals surface area contributed by atoms with Gasteiger partial charge < -0.3 is 23.8 Å². The van der Waals surface area contributed by atoms with E-state index in [0.717, 1.165) is 6.42 Å². The first kappa shape index (κ1) is 22.4. The summed E-state index contributed by atoms with van der Waals surface area (Å²) in [4.78, 5) is 14.0. The van der Waals surface area contributed by atoms with E-state index in [2.05, 4.69) is 4.72 Å². The van der Waals surface area contributed by atoms with Gasteiger partial charge in [0.05, 0.1) is 31.3 Å². The normalized spacial score (nSPS) is 13.8. The van der Waals surface area contributed by atoms with Crippen molar-refractivity contribution in [3.63, 3.8) is 0 Å². The predicted octanol–water partition coefficient (Wildman–Crippen LogP) is 0.638. The Morgan fingerprint density at radius 1 is 1.11 bits per heavy atom. The molecule has 0 radical (unpaired) electrons. The van der Waals surface area contributed by atoms with Gasteiger partial charge in [0.15, 0.2) is 11.5 Å². The minimum Gasteiger partial charge on any atom is -0.490 e. The second-order valence-corrected chi connectivity index (χ2v) is 7.94. The number of nitrogens with zero attached hydrogens (tertiary/aromatic N) is 1. The summed E-state index contributed by atoms with van der Waals surface area (Å²) in [6.07, 6.45) is 0.775. The van der Waals surface area contributed by atoms with Crippen molar-refractivity contribution in [3.8, 4) is 11.5 Å². The average molecular weight is 416 g/mol. The summed E-state index contributed by atoms with van der Waals surface area (Å²) in [6.45, 7) is 2.64. The van der Waals surface area contributed by atoms with Crippen LogP contribution in [0.2, 0.25) is 0 Å². The molecule has 1 aromatic carbocycles. The minimum atomic E-state index is -3.77. The summed E-state index contributed by atoms with van der Waals surface area (Å²) in [6, 6.07) is 4.48. The van der Waals surface area contributed by atoms with E-state index < -0.39 is 10.0 Å². The largest absolute Gasteiger partial charge is 0.490 e. The van der Waals surface area contributed by atoms with Crippen LogP contribution >= 0.6 is 0 Å². The zero-order valence-electron chi connectivity index (χ0n) is 16.3. The van der Waals surface area contributed by atoms with Crippen molar-refractivity contribution in [2.75, 3.05) is 60.3 Å². The lowest BCUT2D eigenvalue weighted by molar-refractivity contribution is -0.132. The summed E-state index contributed by atoms with van der Waals surface area (Å²) in [7, 11) is -0.651. The number of ether oxygens (including phenoxy) is 4. The number of fused-ring (bicyclic) bond motifs is 1. The van der Waals surface area contributed by atoms with Crippen molar-refractivity contribution in [1.29, 1.82) is 0 Å². The standard InChI is InChI=1S/C18H28N2O7S/c1-24-12-8-20(9-13-25-2)18(21)6-7-19-28(22,23)15-4-5-16-17(14-15)27-11-3-10-26-16/h4-5,14,19H,3,6-13H2,1-2H3. The highest BCUT2D eigenvalue weighted by Gasteiger charge is 2.20. The van der Waals surface area contributed by atoms with E-state index >= 15 is 0 Å². The van der Waals surface area contributed by atoms with Gasteiger partial charge in [0.2, 0.25) is 15.9 Å². The van der Waals surface area contributed by atoms with Crippen molar-refractivity contribution in [1.82, 2.24) is 9.62 Å². The zero-order chi connectivity index (χ0) is 20.4. The van der Waals surface area contributed by atoms with E-state index in [0.29, 0.717) is 51.0 Å². The number of rotatable bonds is 11. The number of methoxy groups -OCH3 is 2.